The zero-order valence-corrected chi connectivity index (χ0v) is 29.8. The number of esters is 1. The summed E-state index contributed by atoms with van der Waals surface area (Å²) in [6, 6.07) is -4.70. The Morgan fingerprint density at radius 3 is 1.83 bits per heavy atom. The second-order valence-electron chi connectivity index (χ2n) is 13.9. The number of unbranched alkanes of at least 4 members (excludes halogenated alkanes) is 8. The third-order valence-electron chi connectivity index (χ3n) is 8.71. The highest BCUT2D eigenvalue weighted by Gasteiger charge is 2.36. The Morgan fingerprint density at radius 2 is 1.30 bits per heavy atom. The fraction of sp³-hybridized carbons (Fsp3) is 0.829. The van der Waals surface area contributed by atoms with Crippen molar-refractivity contribution in [1.82, 2.24) is 21.3 Å². The Hall–Kier alpha value is -3.18. The molecule has 1 aliphatic rings. The summed E-state index contributed by atoms with van der Waals surface area (Å²) in [5.74, 6) is -5.46. The van der Waals surface area contributed by atoms with Crippen LogP contribution in [0.3, 0.4) is 0 Å². The maximum atomic E-state index is 13.6. The predicted octanol–water partition coefficient (Wildman–Crippen LogP) is 4.38. The van der Waals surface area contributed by atoms with Crippen molar-refractivity contribution in [2.45, 2.75) is 169 Å². The molecule has 0 aromatic heterocycles. The quantitative estimate of drug-likeness (QED) is 0.112. The monoisotopic (exact) mass is 666 g/mol. The van der Waals surface area contributed by atoms with E-state index >= 15 is 0 Å². The molecule has 12 nitrogen and oxygen atoms in total. The van der Waals surface area contributed by atoms with Gasteiger partial charge in [0.15, 0.2) is 0 Å². The molecule has 4 amide bonds. The minimum Gasteiger partial charge on any atom is -0.481 e. The minimum absolute atomic E-state index is 0.0422. The van der Waals surface area contributed by atoms with Gasteiger partial charge in [-0.05, 0) is 37.0 Å². The van der Waals surface area contributed by atoms with Crippen molar-refractivity contribution in [3.63, 3.8) is 0 Å². The molecule has 1 unspecified atom stereocenters. The Morgan fingerprint density at radius 1 is 0.745 bits per heavy atom. The number of carbonyl (C=O) groups is 6. The van der Waals surface area contributed by atoms with Gasteiger partial charge < -0.3 is 31.1 Å². The fourth-order valence-electron chi connectivity index (χ4n) is 5.64. The average Bonchev–Trinajstić information content (AvgIpc) is 2.99. The zero-order valence-electron chi connectivity index (χ0n) is 29.8. The standard InChI is InChI=1S/C35H62N4O8/c1-8-10-11-12-13-14-15-16-17-18-25-20-28(40)38-30(23(5)6)34(45)37-27(21-29(41)42)32(43)36-26(19-22(3)4)33(44)39-31(24(7)9-2)35(46)47-25/h22-27,30-31H,8-21H2,1-7H3,(H,36,43)(H,37,45)(H,38,40)(H,39,44)(H,41,42)/t24-,25?,26+,27-,30-,31-/m0/s1. The van der Waals surface area contributed by atoms with Crippen molar-refractivity contribution >= 4 is 35.6 Å². The van der Waals surface area contributed by atoms with Crippen molar-refractivity contribution in [2.75, 3.05) is 0 Å². The molecule has 5 N–H and O–H groups in total. The van der Waals surface area contributed by atoms with E-state index in [0.29, 0.717) is 12.8 Å². The van der Waals surface area contributed by atoms with E-state index in [2.05, 4.69) is 28.2 Å². The lowest BCUT2D eigenvalue weighted by atomic mass is 9.96. The molecule has 47 heavy (non-hydrogen) atoms. The van der Waals surface area contributed by atoms with E-state index < -0.39 is 78.2 Å². The molecule has 1 saturated heterocycles. The van der Waals surface area contributed by atoms with Crippen molar-refractivity contribution in [1.29, 1.82) is 0 Å². The van der Waals surface area contributed by atoms with Crippen molar-refractivity contribution in [2.24, 2.45) is 17.8 Å². The molecule has 0 spiro atoms. The summed E-state index contributed by atoms with van der Waals surface area (Å²) in [4.78, 5) is 78.8. The third kappa shape index (κ3) is 16.5. The summed E-state index contributed by atoms with van der Waals surface area (Å²) in [7, 11) is 0. The van der Waals surface area contributed by atoms with Crippen LogP contribution >= 0.6 is 0 Å². The first kappa shape index (κ1) is 41.8. The number of carbonyl (C=O) groups excluding carboxylic acids is 5. The highest BCUT2D eigenvalue weighted by molar-refractivity contribution is 5.96. The Balaban J connectivity index is 3.35. The van der Waals surface area contributed by atoms with Gasteiger partial charge in [0.05, 0.1) is 12.8 Å². The first-order valence-electron chi connectivity index (χ1n) is 17.8. The highest BCUT2D eigenvalue weighted by Crippen LogP contribution is 2.19. The number of rotatable bonds is 17. The highest BCUT2D eigenvalue weighted by atomic mass is 16.5. The zero-order chi connectivity index (χ0) is 35.5. The lowest BCUT2D eigenvalue weighted by molar-refractivity contribution is -0.156. The topological polar surface area (TPSA) is 180 Å². The lowest BCUT2D eigenvalue weighted by Gasteiger charge is -2.30. The van der Waals surface area contributed by atoms with Gasteiger partial charge in [0.1, 0.15) is 30.3 Å². The molecule has 270 valence electrons. The molecule has 0 aromatic carbocycles. The van der Waals surface area contributed by atoms with Crippen molar-refractivity contribution in [3.05, 3.63) is 0 Å². The summed E-state index contributed by atoms with van der Waals surface area (Å²) in [6.07, 6.45) is 9.46. The summed E-state index contributed by atoms with van der Waals surface area (Å²) >= 11 is 0. The van der Waals surface area contributed by atoms with Crippen LogP contribution in [0.1, 0.15) is 138 Å². The van der Waals surface area contributed by atoms with Crippen LogP contribution in [0, 0.1) is 17.8 Å². The molecule has 1 fully saturated rings. The van der Waals surface area contributed by atoms with E-state index in [9.17, 15) is 33.9 Å². The van der Waals surface area contributed by atoms with Crippen LogP contribution in [0.2, 0.25) is 0 Å². The Kier molecular flexibility index (Phi) is 19.9. The molecule has 0 aromatic rings. The molecule has 0 saturated carbocycles. The van der Waals surface area contributed by atoms with E-state index in [1.807, 2.05) is 27.7 Å². The number of amides is 4. The van der Waals surface area contributed by atoms with Crippen LogP contribution in [-0.2, 0) is 33.5 Å². The number of ether oxygens (including phenoxy) is 1. The number of cyclic esters (lactones) is 1. The van der Waals surface area contributed by atoms with Crippen LogP contribution in [0.4, 0.5) is 0 Å². The number of aliphatic carboxylic acids is 1. The maximum absolute atomic E-state index is 13.6. The average molecular weight is 667 g/mol. The van der Waals surface area contributed by atoms with Gasteiger partial charge in [0, 0.05) is 0 Å². The van der Waals surface area contributed by atoms with Gasteiger partial charge in [-0.15, -0.1) is 0 Å². The number of carboxylic acid groups (broad SMARTS) is 1. The van der Waals surface area contributed by atoms with Crippen LogP contribution in [0.5, 0.6) is 0 Å². The molecule has 0 aliphatic carbocycles. The van der Waals surface area contributed by atoms with Gasteiger partial charge in [0.25, 0.3) is 0 Å². The van der Waals surface area contributed by atoms with Crippen molar-refractivity contribution in [3.8, 4) is 0 Å². The number of carboxylic acids is 1. The van der Waals surface area contributed by atoms with Gasteiger partial charge in [-0.2, -0.15) is 0 Å². The van der Waals surface area contributed by atoms with Crippen LogP contribution in [0.15, 0.2) is 0 Å². The largest absolute Gasteiger partial charge is 0.481 e. The molecule has 1 aliphatic heterocycles. The Bertz CT molecular complexity index is 1020. The van der Waals surface area contributed by atoms with Crippen LogP contribution < -0.4 is 21.3 Å². The molecule has 0 radical (unpaired) electrons. The second kappa shape index (κ2) is 22.4. The van der Waals surface area contributed by atoms with Gasteiger partial charge >= 0.3 is 11.9 Å². The summed E-state index contributed by atoms with van der Waals surface area (Å²) < 4.78 is 5.93. The summed E-state index contributed by atoms with van der Waals surface area (Å²) in [5, 5.41) is 20.1. The lowest BCUT2D eigenvalue weighted by Crippen LogP contribution is -2.60. The number of hydrogen-bond acceptors (Lipinski definition) is 7. The number of hydrogen-bond donors (Lipinski definition) is 5. The van der Waals surface area contributed by atoms with E-state index in [1.54, 1.807) is 13.8 Å². The van der Waals surface area contributed by atoms with Gasteiger partial charge in [-0.3, -0.25) is 24.0 Å². The summed E-state index contributed by atoms with van der Waals surface area (Å²) in [6.45, 7) is 13.1. The Labute approximate surface area is 281 Å². The fourth-order valence-corrected chi connectivity index (χ4v) is 5.64. The minimum atomic E-state index is -1.50. The number of nitrogens with one attached hydrogen (secondary N) is 4. The molecule has 0 bridgehead atoms. The van der Waals surface area contributed by atoms with Gasteiger partial charge in [-0.1, -0.05) is 106 Å². The first-order valence-corrected chi connectivity index (χ1v) is 17.8. The second-order valence-corrected chi connectivity index (χ2v) is 13.9. The van der Waals surface area contributed by atoms with E-state index in [1.165, 1.54) is 32.1 Å². The van der Waals surface area contributed by atoms with Crippen LogP contribution in [-0.4, -0.2) is 70.9 Å². The molecular weight excluding hydrogens is 604 g/mol. The van der Waals surface area contributed by atoms with Crippen molar-refractivity contribution < 1.29 is 38.6 Å². The smallest absolute Gasteiger partial charge is 0.329 e. The van der Waals surface area contributed by atoms with Crippen LogP contribution in [0.25, 0.3) is 0 Å². The molecule has 6 atom stereocenters. The predicted molar refractivity (Wildman–Crippen MR) is 180 cm³/mol. The molecule has 12 heteroatoms. The molecule has 1 heterocycles. The van der Waals surface area contributed by atoms with E-state index in [0.717, 1.165) is 25.7 Å². The van der Waals surface area contributed by atoms with E-state index in [-0.39, 0.29) is 24.7 Å². The van der Waals surface area contributed by atoms with Gasteiger partial charge in [-0.25, -0.2) is 4.79 Å². The first-order chi connectivity index (χ1) is 22.2. The summed E-state index contributed by atoms with van der Waals surface area (Å²) in [5.41, 5.74) is 0. The normalized spacial score (nSPS) is 24.3. The van der Waals surface area contributed by atoms with E-state index in [4.69, 9.17) is 4.74 Å². The van der Waals surface area contributed by atoms with Gasteiger partial charge in [0.2, 0.25) is 23.6 Å². The molecular formula is C35H62N4O8. The third-order valence-corrected chi connectivity index (χ3v) is 8.71. The maximum Gasteiger partial charge on any atom is 0.329 e. The SMILES string of the molecule is CCCCCCCCCCCC1CC(=O)N[C@@H](C(C)C)C(=O)N[C@@H](CC(=O)O)C(=O)N[C@H](CC(C)C)C(=O)N[C@@H]([C@@H](C)CC)C(=O)O1. The molecule has 1 rings (SSSR count).